The van der Waals surface area contributed by atoms with E-state index in [0.717, 1.165) is 49.4 Å². The minimum atomic E-state index is -0.358. The molecule has 0 aromatic heterocycles. The largest absolute Gasteiger partial charge is 0.465 e. The lowest BCUT2D eigenvalue weighted by Crippen LogP contribution is -2.28. The van der Waals surface area contributed by atoms with Gasteiger partial charge in [0.05, 0.1) is 13.2 Å². The summed E-state index contributed by atoms with van der Waals surface area (Å²) in [5.74, 6) is 3.15. The lowest BCUT2D eigenvalue weighted by atomic mass is 9.95. The van der Waals surface area contributed by atoms with Crippen LogP contribution in [-0.4, -0.2) is 25.2 Å². The van der Waals surface area contributed by atoms with Gasteiger partial charge in [-0.15, -0.1) is 0 Å². The van der Waals surface area contributed by atoms with Gasteiger partial charge in [0.1, 0.15) is 0 Å². The third-order valence-electron chi connectivity index (χ3n) is 9.36. The molecule has 0 aromatic carbocycles. The number of ether oxygens (including phenoxy) is 2. The van der Waals surface area contributed by atoms with E-state index in [1.165, 1.54) is 116 Å². The Morgan fingerprint density at radius 1 is 0.422 bits per heavy atom. The molecule has 0 N–H and O–H groups in total. The maximum atomic E-state index is 12.2. The monoisotopic (exact) mass is 637 g/mol. The molecule has 45 heavy (non-hydrogen) atoms. The highest BCUT2D eigenvalue weighted by Gasteiger charge is 2.22. The van der Waals surface area contributed by atoms with Gasteiger partial charge >= 0.3 is 11.9 Å². The molecule has 0 aliphatic carbocycles. The van der Waals surface area contributed by atoms with Crippen LogP contribution in [-0.2, 0) is 19.1 Å². The molecule has 0 aliphatic heterocycles. The van der Waals surface area contributed by atoms with Gasteiger partial charge in [0.15, 0.2) is 0 Å². The molecule has 0 radical (unpaired) electrons. The predicted molar refractivity (Wildman–Crippen MR) is 195 cm³/mol. The molecule has 0 bridgehead atoms. The van der Waals surface area contributed by atoms with Crippen molar-refractivity contribution in [3.05, 3.63) is 0 Å². The van der Waals surface area contributed by atoms with Crippen LogP contribution in [0, 0.1) is 29.1 Å². The van der Waals surface area contributed by atoms with Gasteiger partial charge in [0.25, 0.3) is 0 Å². The summed E-state index contributed by atoms with van der Waals surface area (Å²) in [7, 11) is 0. The fourth-order valence-corrected chi connectivity index (χ4v) is 6.07. The van der Waals surface area contributed by atoms with Crippen molar-refractivity contribution in [2.24, 2.45) is 29.1 Å². The van der Waals surface area contributed by atoms with Crippen LogP contribution >= 0.6 is 0 Å². The first-order valence-electron chi connectivity index (χ1n) is 19.7. The Balaban J connectivity index is 3.63. The number of carbonyl (C=O) groups is 2. The third kappa shape index (κ3) is 32.7. The van der Waals surface area contributed by atoms with Gasteiger partial charge in [0, 0.05) is 18.3 Å². The topological polar surface area (TPSA) is 52.6 Å². The first-order chi connectivity index (χ1) is 21.4. The van der Waals surface area contributed by atoms with Crippen LogP contribution in [0.2, 0.25) is 0 Å². The van der Waals surface area contributed by atoms with Crippen LogP contribution < -0.4 is 0 Å². The van der Waals surface area contributed by atoms with Crippen molar-refractivity contribution in [1.29, 1.82) is 0 Å². The second-order valence-corrected chi connectivity index (χ2v) is 16.4. The molecule has 4 nitrogen and oxygen atoms in total. The SMILES string of the molecule is CC(C)CCCC(C)CCCCCCCCCC(=O)OCC(C)(C)COC(=O)CCCCCCCCCC(C)CCCC(C)C. The lowest BCUT2D eigenvalue weighted by molar-refractivity contribution is -0.152. The van der Waals surface area contributed by atoms with E-state index in [1.807, 2.05) is 13.8 Å². The van der Waals surface area contributed by atoms with Crippen molar-refractivity contribution in [3.8, 4) is 0 Å². The van der Waals surface area contributed by atoms with E-state index in [2.05, 4.69) is 41.5 Å². The molecule has 0 saturated carbocycles. The van der Waals surface area contributed by atoms with Gasteiger partial charge in [-0.1, -0.05) is 184 Å². The van der Waals surface area contributed by atoms with E-state index in [4.69, 9.17) is 9.47 Å². The summed E-state index contributed by atoms with van der Waals surface area (Å²) in [6, 6.07) is 0. The Morgan fingerprint density at radius 3 is 1.04 bits per heavy atom. The van der Waals surface area contributed by atoms with Gasteiger partial charge in [-0.25, -0.2) is 0 Å². The van der Waals surface area contributed by atoms with Crippen molar-refractivity contribution < 1.29 is 19.1 Å². The van der Waals surface area contributed by atoms with Gasteiger partial charge in [-0.2, -0.15) is 0 Å². The van der Waals surface area contributed by atoms with Crippen molar-refractivity contribution in [2.45, 2.75) is 209 Å². The van der Waals surface area contributed by atoms with Crippen LogP contribution in [0.15, 0.2) is 0 Å². The summed E-state index contributed by atoms with van der Waals surface area (Å²) in [6.07, 6.45) is 29.0. The zero-order valence-electron chi connectivity index (χ0n) is 31.8. The second kappa shape index (κ2) is 29.1. The quantitative estimate of drug-likeness (QED) is 0.0544. The van der Waals surface area contributed by atoms with Crippen molar-refractivity contribution in [1.82, 2.24) is 0 Å². The van der Waals surface area contributed by atoms with E-state index in [-0.39, 0.29) is 17.4 Å². The van der Waals surface area contributed by atoms with Crippen molar-refractivity contribution >= 4 is 11.9 Å². The summed E-state index contributed by atoms with van der Waals surface area (Å²) in [5.41, 5.74) is -0.358. The zero-order valence-corrected chi connectivity index (χ0v) is 31.8. The molecule has 0 amide bonds. The van der Waals surface area contributed by atoms with Crippen molar-refractivity contribution in [2.75, 3.05) is 13.2 Å². The molecule has 0 fully saturated rings. The Hall–Kier alpha value is -1.06. The first-order valence-corrected chi connectivity index (χ1v) is 19.7. The number of unbranched alkanes of at least 4 members (excludes halogenated alkanes) is 12. The molecule has 0 aliphatic rings. The molecule has 268 valence electrons. The standard InChI is InChI=1S/C41H80O4/c1-35(2)25-23-29-37(5)27-19-15-11-9-13-17-21-31-39(42)44-33-41(7,8)34-45-40(43)32-22-18-14-10-12-16-20-28-38(6)30-24-26-36(3)4/h35-38H,9-34H2,1-8H3. The van der Waals surface area contributed by atoms with Crippen molar-refractivity contribution in [3.63, 3.8) is 0 Å². The van der Waals surface area contributed by atoms with Gasteiger partial charge in [-0.3, -0.25) is 9.59 Å². The van der Waals surface area contributed by atoms with Crippen LogP contribution in [0.3, 0.4) is 0 Å². The Kier molecular flexibility index (Phi) is 28.4. The number of esters is 2. The first kappa shape index (κ1) is 43.9. The van der Waals surface area contributed by atoms with Gasteiger partial charge in [-0.05, 0) is 36.5 Å². The molecule has 2 atom stereocenters. The van der Waals surface area contributed by atoms with E-state index < -0.39 is 0 Å². The predicted octanol–water partition coefficient (Wildman–Crippen LogP) is 13.0. The fourth-order valence-electron chi connectivity index (χ4n) is 6.07. The minimum absolute atomic E-state index is 0.128. The van der Waals surface area contributed by atoms with Gasteiger partial charge < -0.3 is 9.47 Å². The number of carbonyl (C=O) groups excluding carboxylic acids is 2. The summed E-state index contributed by atoms with van der Waals surface area (Å²) in [6.45, 7) is 18.7. The molecular formula is C41H80O4. The van der Waals surface area contributed by atoms with E-state index in [9.17, 15) is 9.59 Å². The normalized spacial score (nSPS) is 13.4. The summed E-state index contributed by atoms with van der Waals surface area (Å²) < 4.78 is 11.0. The average molecular weight is 637 g/mol. The lowest BCUT2D eigenvalue weighted by Gasteiger charge is -2.23. The average Bonchev–Trinajstić information content (AvgIpc) is 2.97. The minimum Gasteiger partial charge on any atom is -0.465 e. The van der Waals surface area contributed by atoms with Crippen LogP contribution in [0.1, 0.15) is 209 Å². The fraction of sp³-hybridized carbons (Fsp3) is 0.951. The Labute approximate surface area is 282 Å². The highest BCUT2D eigenvalue weighted by molar-refractivity contribution is 5.69. The molecule has 2 unspecified atom stereocenters. The number of hydrogen-bond donors (Lipinski definition) is 0. The second-order valence-electron chi connectivity index (χ2n) is 16.4. The van der Waals surface area contributed by atoms with Crippen LogP contribution in [0.25, 0.3) is 0 Å². The number of hydrogen-bond acceptors (Lipinski definition) is 4. The van der Waals surface area contributed by atoms with E-state index >= 15 is 0 Å². The maximum Gasteiger partial charge on any atom is 0.305 e. The third-order valence-corrected chi connectivity index (χ3v) is 9.36. The molecular weight excluding hydrogens is 556 g/mol. The highest BCUT2D eigenvalue weighted by atomic mass is 16.5. The molecule has 0 heterocycles. The Bertz CT molecular complexity index is 627. The maximum absolute atomic E-state index is 12.2. The Morgan fingerprint density at radius 2 is 0.711 bits per heavy atom. The van der Waals surface area contributed by atoms with Gasteiger partial charge in [0.2, 0.25) is 0 Å². The summed E-state index contributed by atoms with van der Waals surface area (Å²) in [4.78, 5) is 24.4. The molecule has 4 heteroatoms. The molecule has 0 spiro atoms. The molecule has 0 rings (SSSR count). The zero-order chi connectivity index (χ0) is 33.8. The number of rotatable bonds is 32. The summed E-state index contributed by atoms with van der Waals surface area (Å²) >= 11 is 0. The van der Waals surface area contributed by atoms with E-state index in [0.29, 0.717) is 26.1 Å². The summed E-state index contributed by atoms with van der Waals surface area (Å²) in [5, 5.41) is 0. The van der Waals surface area contributed by atoms with Crippen LogP contribution in [0.5, 0.6) is 0 Å². The van der Waals surface area contributed by atoms with Crippen LogP contribution in [0.4, 0.5) is 0 Å². The molecule has 0 saturated heterocycles. The van der Waals surface area contributed by atoms with E-state index in [1.54, 1.807) is 0 Å². The highest BCUT2D eigenvalue weighted by Crippen LogP contribution is 2.21. The smallest absolute Gasteiger partial charge is 0.305 e. The molecule has 0 aromatic rings.